The largest absolute Gasteiger partial charge is 0.481 e. The Morgan fingerprint density at radius 1 is 1.42 bits per heavy atom. The molecule has 0 saturated carbocycles. The van der Waals surface area contributed by atoms with Crippen LogP contribution in [-0.2, 0) is 4.79 Å². The zero-order chi connectivity index (χ0) is 14.4. The van der Waals surface area contributed by atoms with Gasteiger partial charge in [0.1, 0.15) is 0 Å². The third kappa shape index (κ3) is 4.08. The topological polar surface area (TPSA) is 92.4 Å². The fourth-order valence-electron chi connectivity index (χ4n) is 1.72. The summed E-state index contributed by atoms with van der Waals surface area (Å²) < 4.78 is 4.99. The van der Waals surface area contributed by atoms with Crippen LogP contribution >= 0.6 is 0 Å². The maximum atomic E-state index is 11.7. The standard InChI is InChI=1S/C13H20N2O4/c1-4-9(5-2)10-6-11(19-15-10)12(16)14-7-8(3)13(17)18/h6,8-9H,4-5,7H2,1-3H3,(H,14,16)(H,17,18). The summed E-state index contributed by atoms with van der Waals surface area (Å²) in [4.78, 5) is 22.4. The van der Waals surface area contributed by atoms with Gasteiger partial charge in [-0.05, 0) is 12.8 Å². The first-order chi connectivity index (χ1) is 8.99. The Morgan fingerprint density at radius 2 is 2.05 bits per heavy atom. The molecule has 0 radical (unpaired) electrons. The first-order valence-corrected chi connectivity index (χ1v) is 6.47. The molecule has 6 nitrogen and oxygen atoms in total. The van der Waals surface area contributed by atoms with Crippen molar-refractivity contribution < 1.29 is 19.2 Å². The number of nitrogens with zero attached hydrogens (tertiary/aromatic N) is 1. The van der Waals surface area contributed by atoms with Crippen LogP contribution in [0, 0.1) is 5.92 Å². The lowest BCUT2D eigenvalue weighted by Crippen LogP contribution is -2.31. The summed E-state index contributed by atoms with van der Waals surface area (Å²) in [6, 6.07) is 1.62. The van der Waals surface area contributed by atoms with Crippen molar-refractivity contribution in [3.05, 3.63) is 17.5 Å². The van der Waals surface area contributed by atoms with Gasteiger partial charge in [0.25, 0.3) is 5.91 Å². The molecule has 1 aromatic heterocycles. The number of carboxylic acids is 1. The Balaban J connectivity index is 2.61. The zero-order valence-corrected chi connectivity index (χ0v) is 11.5. The molecule has 0 saturated heterocycles. The summed E-state index contributed by atoms with van der Waals surface area (Å²) in [7, 11) is 0. The molecule has 106 valence electrons. The Hall–Kier alpha value is -1.85. The Morgan fingerprint density at radius 3 is 2.58 bits per heavy atom. The minimum absolute atomic E-state index is 0.0647. The van der Waals surface area contributed by atoms with Gasteiger partial charge in [0.05, 0.1) is 11.6 Å². The van der Waals surface area contributed by atoms with Crippen molar-refractivity contribution in [2.24, 2.45) is 5.92 Å². The van der Waals surface area contributed by atoms with Gasteiger partial charge in [0.15, 0.2) is 0 Å². The van der Waals surface area contributed by atoms with Gasteiger partial charge in [-0.2, -0.15) is 0 Å². The third-order valence-electron chi connectivity index (χ3n) is 3.15. The number of carbonyl (C=O) groups excluding carboxylic acids is 1. The SMILES string of the molecule is CCC(CC)c1cc(C(=O)NCC(C)C(=O)O)on1. The van der Waals surface area contributed by atoms with Crippen LogP contribution < -0.4 is 5.32 Å². The van der Waals surface area contributed by atoms with Gasteiger partial charge in [-0.25, -0.2) is 0 Å². The number of hydrogen-bond acceptors (Lipinski definition) is 4. The molecule has 1 rings (SSSR count). The molecule has 1 amide bonds. The molecule has 6 heteroatoms. The molecule has 1 unspecified atom stereocenters. The second kappa shape index (κ2) is 6.92. The first-order valence-electron chi connectivity index (χ1n) is 6.47. The molecular weight excluding hydrogens is 248 g/mol. The fourth-order valence-corrected chi connectivity index (χ4v) is 1.72. The van der Waals surface area contributed by atoms with Crippen molar-refractivity contribution in [3.63, 3.8) is 0 Å². The molecular formula is C13H20N2O4. The molecule has 1 aromatic rings. The van der Waals surface area contributed by atoms with Crippen LogP contribution in [0.5, 0.6) is 0 Å². The van der Waals surface area contributed by atoms with Gasteiger partial charge in [0.2, 0.25) is 5.76 Å². The van der Waals surface area contributed by atoms with Gasteiger partial charge in [-0.15, -0.1) is 0 Å². The van der Waals surface area contributed by atoms with E-state index in [0.29, 0.717) is 0 Å². The third-order valence-corrected chi connectivity index (χ3v) is 3.15. The van der Waals surface area contributed by atoms with E-state index in [1.54, 1.807) is 6.07 Å². The highest BCUT2D eigenvalue weighted by Gasteiger charge is 2.19. The van der Waals surface area contributed by atoms with E-state index in [1.807, 2.05) is 0 Å². The Labute approximate surface area is 112 Å². The molecule has 0 bridgehead atoms. The van der Waals surface area contributed by atoms with Crippen LogP contribution in [-0.4, -0.2) is 28.7 Å². The van der Waals surface area contributed by atoms with Gasteiger partial charge < -0.3 is 14.9 Å². The normalized spacial score (nSPS) is 12.4. The minimum Gasteiger partial charge on any atom is -0.481 e. The van der Waals surface area contributed by atoms with E-state index in [9.17, 15) is 9.59 Å². The van der Waals surface area contributed by atoms with E-state index in [1.165, 1.54) is 6.92 Å². The predicted octanol–water partition coefficient (Wildman–Crippen LogP) is 2.03. The molecule has 1 atom stereocenters. The van der Waals surface area contributed by atoms with E-state index in [2.05, 4.69) is 24.3 Å². The fraction of sp³-hybridized carbons (Fsp3) is 0.615. The van der Waals surface area contributed by atoms with E-state index in [0.717, 1.165) is 18.5 Å². The van der Waals surface area contributed by atoms with Crippen LogP contribution in [0.1, 0.15) is 55.8 Å². The number of aliphatic carboxylic acids is 1. The Bertz CT molecular complexity index is 438. The maximum Gasteiger partial charge on any atom is 0.308 e. The number of nitrogens with one attached hydrogen (secondary N) is 1. The number of amides is 1. The lowest BCUT2D eigenvalue weighted by atomic mass is 9.99. The predicted molar refractivity (Wildman–Crippen MR) is 69.0 cm³/mol. The first kappa shape index (κ1) is 15.2. The van der Waals surface area contributed by atoms with Crippen LogP contribution in [0.25, 0.3) is 0 Å². The van der Waals surface area contributed by atoms with Gasteiger partial charge in [-0.3, -0.25) is 9.59 Å². The van der Waals surface area contributed by atoms with Crippen molar-refractivity contribution in [3.8, 4) is 0 Å². The molecule has 2 N–H and O–H groups in total. The summed E-state index contributed by atoms with van der Waals surface area (Å²) in [5, 5.41) is 15.1. The highest BCUT2D eigenvalue weighted by atomic mass is 16.5. The average Bonchev–Trinajstić information content (AvgIpc) is 2.86. The summed E-state index contributed by atoms with van der Waals surface area (Å²) in [6.45, 7) is 5.70. The molecule has 0 aliphatic rings. The van der Waals surface area contributed by atoms with Crippen molar-refractivity contribution in [2.45, 2.75) is 39.5 Å². The molecule has 0 aliphatic carbocycles. The van der Waals surface area contributed by atoms with E-state index >= 15 is 0 Å². The summed E-state index contributed by atoms with van der Waals surface area (Å²) in [5.41, 5.74) is 0.765. The van der Waals surface area contributed by atoms with Crippen LogP contribution in [0.3, 0.4) is 0 Å². The quantitative estimate of drug-likeness (QED) is 0.789. The second-order valence-electron chi connectivity index (χ2n) is 4.58. The number of carbonyl (C=O) groups is 2. The lowest BCUT2D eigenvalue weighted by Gasteiger charge is -2.06. The van der Waals surface area contributed by atoms with E-state index in [-0.39, 0.29) is 18.2 Å². The maximum absolute atomic E-state index is 11.7. The van der Waals surface area contributed by atoms with Gasteiger partial charge in [0, 0.05) is 18.5 Å². The molecule has 0 aliphatic heterocycles. The lowest BCUT2D eigenvalue weighted by molar-refractivity contribution is -0.140. The van der Waals surface area contributed by atoms with Crippen LogP contribution in [0.4, 0.5) is 0 Å². The second-order valence-corrected chi connectivity index (χ2v) is 4.58. The number of rotatable bonds is 7. The summed E-state index contributed by atoms with van der Waals surface area (Å²) in [5.74, 6) is -1.61. The van der Waals surface area contributed by atoms with E-state index < -0.39 is 17.8 Å². The summed E-state index contributed by atoms with van der Waals surface area (Å²) >= 11 is 0. The number of hydrogen-bond donors (Lipinski definition) is 2. The van der Waals surface area contributed by atoms with Gasteiger partial charge >= 0.3 is 5.97 Å². The monoisotopic (exact) mass is 268 g/mol. The van der Waals surface area contributed by atoms with Crippen LogP contribution in [0.15, 0.2) is 10.6 Å². The average molecular weight is 268 g/mol. The van der Waals surface area contributed by atoms with Crippen molar-refractivity contribution in [1.29, 1.82) is 0 Å². The number of aromatic nitrogens is 1. The molecule has 0 aromatic carbocycles. The minimum atomic E-state index is -0.949. The van der Waals surface area contributed by atoms with E-state index in [4.69, 9.17) is 9.63 Å². The molecule has 0 spiro atoms. The van der Waals surface area contributed by atoms with Gasteiger partial charge in [-0.1, -0.05) is 25.9 Å². The molecule has 19 heavy (non-hydrogen) atoms. The highest BCUT2D eigenvalue weighted by molar-refractivity contribution is 5.91. The zero-order valence-electron chi connectivity index (χ0n) is 11.5. The highest BCUT2D eigenvalue weighted by Crippen LogP contribution is 2.22. The summed E-state index contributed by atoms with van der Waals surface area (Å²) in [6.07, 6.45) is 1.86. The van der Waals surface area contributed by atoms with Crippen LogP contribution in [0.2, 0.25) is 0 Å². The molecule has 1 heterocycles. The Kier molecular flexibility index (Phi) is 5.54. The smallest absolute Gasteiger partial charge is 0.308 e. The van der Waals surface area contributed by atoms with Crippen molar-refractivity contribution >= 4 is 11.9 Å². The van der Waals surface area contributed by atoms with Crippen molar-refractivity contribution in [2.75, 3.05) is 6.54 Å². The number of carboxylic acid groups (broad SMARTS) is 1. The van der Waals surface area contributed by atoms with Crippen molar-refractivity contribution in [1.82, 2.24) is 10.5 Å². The molecule has 0 fully saturated rings.